The van der Waals surface area contributed by atoms with Crippen LogP contribution < -0.4 is 4.74 Å². The van der Waals surface area contributed by atoms with E-state index in [1.807, 2.05) is 0 Å². The second kappa shape index (κ2) is 6.25. The van der Waals surface area contributed by atoms with Crippen molar-refractivity contribution in [3.05, 3.63) is 35.1 Å². The van der Waals surface area contributed by atoms with Gasteiger partial charge in [0.25, 0.3) is 0 Å². The Hall–Kier alpha value is -2.02. The minimum absolute atomic E-state index is 0.0326. The minimum Gasteiger partial charge on any atom is -0.477 e. The van der Waals surface area contributed by atoms with E-state index in [1.54, 1.807) is 49.8 Å². The van der Waals surface area contributed by atoms with E-state index >= 15 is 0 Å². The number of rotatable bonds is 6. The molecule has 0 atom stereocenters. The Bertz CT molecular complexity index is 1000. The molecule has 156 valence electrons. The number of hydrogen-bond acceptors (Lipinski definition) is 5. The Kier molecular flexibility index (Phi) is 4.15. The maximum Gasteiger partial charge on any atom is 0.341 e. The fraction of sp³-hybridized carbons (Fsp3) is 0.591. The van der Waals surface area contributed by atoms with E-state index in [2.05, 4.69) is 10.1 Å². The lowest BCUT2D eigenvalue weighted by molar-refractivity contribution is 0.00693. The van der Waals surface area contributed by atoms with E-state index in [0.717, 1.165) is 6.42 Å². The number of fused-ring (bicyclic) bond motifs is 1. The van der Waals surface area contributed by atoms with Gasteiger partial charge in [0, 0.05) is 12.3 Å². The molecule has 2 aromatic heterocycles. The Morgan fingerprint density at radius 1 is 1.20 bits per heavy atom. The van der Waals surface area contributed by atoms with E-state index in [1.165, 1.54) is 25.7 Å². The molecule has 0 amide bonds. The number of hydrogen-bond donors (Lipinski definition) is 0. The molecule has 30 heavy (non-hydrogen) atoms. The lowest BCUT2D eigenvalue weighted by atomic mass is 9.75. The number of nitrogens with zero attached hydrogens (tertiary/aromatic N) is 3. The monoisotopic (exact) mass is 425 g/mol. The van der Waals surface area contributed by atoms with Crippen LogP contribution in [0.15, 0.2) is 24.4 Å². The molecule has 3 fully saturated rings. The van der Waals surface area contributed by atoms with E-state index in [-0.39, 0.29) is 16.0 Å². The van der Waals surface area contributed by atoms with Crippen LogP contribution in [-0.2, 0) is 4.74 Å². The number of aromatic nitrogens is 3. The fourth-order valence-corrected chi connectivity index (χ4v) is 5.63. The fourth-order valence-electron chi connectivity index (χ4n) is 5.41. The summed E-state index contributed by atoms with van der Waals surface area (Å²) >= 11 is 6.22. The molecule has 6 nitrogen and oxygen atoms in total. The molecule has 0 unspecified atom stereocenters. The molecule has 0 aliphatic heterocycles. The highest BCUT2D eigenvalue weighted by Gasteiger charge is 2.91. The zero-order chi connectivity index (χ0) is 21.4. The second-order valence-electron chi connectivity index (χ2n) is 9.84. The summed E-state index contributed by atoms with van der Waals surface area (Å²) in [6, 6.07) is 5.05. The lowest BCUT2D eigenvalue weighted by Crippen LogP contribution is -2.24. The van der Waals surface area contributed by atoms with Crippen LogP contribution in [0.3, 0.4) is 0 Å². The van der Waals surface area contributed by atoms with Crippen LogP contribution in [-0.4, -0.2) is 40.8 Å². The van der Waals surface area contributed by atoms with Crippen LogP contribution in [0, 0.1) is 10.8 Å². The van der Waals surface area contributed by atoms with E-state index < -0.39 is 11.6 Å². The predicted molar refractivity (Wildman–Crippen MR) is 113 cm³/mol. The van der Waals surface area contributed by atoms with Gasteiger partial charge in [-0.25, -0.2) is 14.5 Å². The van der Waals surface area contributed by atoms with Crippen LogP contribution in [0.25, 0.3) is 5.82 Å². The molecule has 2 aromatic rings. The molecule has 3 aliphatic carbocycles. The Labute approximate surface area is 182 Å². The van der Waals surface area contributed by atoms with Crippen LogP contribution in [0.1, 0.15) is 63.2 Å². The molecule has 3 aliphatic rings. The van der Waals surface area contributed by atoms with Crippen LogP contribution >= 0.6 is 11.6 Å². The molecule has 0 N–H and O–H groups in total. The first-order valence-corrected chi connectivity index (χ1v) is 10.9. The van der Waals surface area contributed by atoms with Crippen LogP contribution in [0.5, 0.6) is 5.88 Å². The largest absolute Gasteiger partial charge is 0.477 e. The maximum absolute atomic E-state index is 12.2. The van der Waals surface area contributed by atoms with Crippen molar-refractivity contribution in [2.75, 3.05) is 6.61 Å². The molecule has 3 saturated carbocycles. The highest BCUT2D eigenvalue weighted by atomic mass is 35.5. The molecule has 5 rings (SSSR count). The lowest BCUT2D eigenvalue weighted by Gasteiger charge is -2.19. The summed E-state index contributed by atoms with van der Waals surface area (Å²) in [5.74, 6) is 0.505. The first-order chi connectivity index (χ1) is 14.1. The highest BCUT2D eigenvalue weighted by Crippen LogP contribution is 3.02. The summed E-state index contributed by atoms with van der Waals surface area (Å²) in [5, 5.41) is 4.46. The van der Waals surface area contributed by atoms with Gasteiger partial charge in [-0.1, -0.05) is 16.9 Å². The molecule has 2 heterocycles. The Morgan fingerprint density at radius 2 is 1.87 bits per heavy atom. The van der Waals surface area contributed by atoms with Gasteiger partial charge in [0.05, 0.1) is 20.0 Å². The number of carbonyl (C=O) groups excluding carboxylic acids is 1. The summed E-state index contributed by atoms with van der Waals surface area (Å²) in [4.78, 5) is 16.5. The number of pyridine rings is 1. The predicted octanol–water partition coefficient (Wildman–Crippen LogP) is 4.55. The van der Waals surface area contributed by atoms with Gasteiger partial charge in [0.15, 0.2) is 5.82 Å². The average Bonchev–Trinajstić information content (AvgIpc) is 3.58. The number of esters is 1. The van der Waals surface area contributed by atoms with Gasteiger partial charge in [0.1, 0.15) is 10.8 Å². The Morgan fingerprint density at radius 3 is 2.43 bits per heavy atom. The first-order valence-electron chi connectivity index (χ1n) is 10.5. The quantitative estimate of drug-likeness (QED) is 0.386. The minimum atomic E-state index is -0.603. The maximum atomic E-state index is 12.2. The van der Waals surface area contributed by atoms with Crippen molar-refractivity contribution in [3.63, 3.8) is 0 Å². The van der Waals surface area contributed by atoms with Gasteiger partial charge in [-0.3, -0.25) is 0 Å². The van der Waals surface area contributed by atoms with Crippen LogP contribution in [0.2, 0.25) is 10.5 Å². The van der Waals surface area contributed by atoms with Crippen molar-refractivity contribution in [2.24, 2.45) is 10.8 Å². The average molecular weight is 426 g/mol. The summed E-state index contributed by atoms with van der Waals surface area (Å²) in [7, 11) is 6.71. The molecular weight excluding hydrogens is 401 g/mol. The zero-order valence-corrected chi connectivity index (χ0v) is 18.3. The molecule has 0 bridgehead atoms. The smallest absolute Gasteiger partial charge is 0.341 e. The molecular formula is C22H25BClN3O3. The van der Waals surface area contributed by atoms with Crippen molar-refractivity contribution in [1.82, 2.24) is 14.8 Å². The SMILES string of the molecule is [B]C1(CCOc2ccn(-c3ccc(C(=O)OC(C)(C)C)c(Cl)n3)n2)C2(CC2)C12CC2. The molecule has 2 spiro atoms. The molecule has 8 heteroatoms. The summed E-state index contributed by atoms with van der Waals surface area (Å²) in [6.45, 7) is 5.96. The van der Waals surface area contributed by atoms with Gasteiger partial charge in [-0.05, 0) is 75.8 Å². The molecule has 0 aromatic carbocycles. The normalized spacial score (nSPS) is 21.5. The van der Waals surface area contributed by atoms with E-state index in [0.29, 0.717) is 29.1 Å². The van der Waals surface area contributed by atoms with Gasteiger partial charge in [0.2, 0.25) is 5.88 Å². The van der Waals surface area contributed by atoms with Gasteiger partial charge in [-0.2, -0.15) is 0 Å². The van der Waals surface area contributed by atoms with Crippen molar-refractivity contribution in [1.29, 1.82) is 0 Å². The van der Waals surface area contributed by atoms with E-state index in [4.69, 9.17) is 28.9 Å². The zero-order valence-electron chi connectivity index (χ0n) is 17.6. The summed E-state index contributed by atoms with van der Waals surface area (Å²) in [6.07, 6.45) is 7.75. The van der Waals surface area contributed by atoms with Gasteiger partial charge >= 0.3 is 5.97 Å². The van der Waals surface area contributed by atoms with Crippen molar-refractivity contribution in [3.8, 4) is 11.7 Å². The highest BCUT2D eigenvalue weighted by molar-refractivity contribution is 6.32. The first kappa shape index (κ1) is 19.9. The van der Waals surface area contributed by atoms with E-state index in [9.17, 15) is 4.79 Å². The number of ether oxygens (including phenoxy) is 2. The van der Waals surface area contributed by atoms with Crippen LogP contribution in [0.4, 0.5) is 0 Å². The number of halogens is 1. The third-order valence-corrected chi connectivity index (χ3v) is 7.35. The van der Waals surface area contributed by atoms with Gasteiger partial charge in [-0.15, -0.1) is 5.10 Å². The third-order valence-electron chi connectivity index (χ3n) is 7.06. The summed E-state index contributed by atoms with van der Waals surface area (Å²) < 4.78 is 12.8. The second-order valence-corrected chi connectivity index (χ2v) is 10.2. The van der Waals surface area contributed by atoms with Crippen molar-refractivity contribution < 1.29 is 14.3 Å². The van der Waals surface area contributed by atoms with Crippen molar-refractivity contribution in [2.45, 2.75) is 63.8 Å². The topological polar surface area (TPSA) is 66.2 Å². The third kappa shape index (κ3) is 2.88. The Balaban J connectivity index is 1.21. The summed E-state index contributed by atoms with van der Waals surface area (Å²) in [5.41, 5.74) is 0.479. The number of carbonyl (C=O) groups is 1. The van der Waals surface area contributed by atoms with Crippen molar-refractivity contribution >= 4 is 25.4 Å². The molecule has 2 radical (unpaired) electrons. The molecule has 0 saturated heterocycles. The standard InChI is InChI=1S/C22H25BClN3O3/c1-19(2,3)30-18(28)14-4-5-15(25-17(14)24)27-12-6-16(26-27)29-13-11-22(23)20(7-8-20)21(22)9-10-21/h4-6,12H,7-11,13H2,1-3H3. The van der Waals surface area contributed by atoms with Gasteiger partial charge < -0.3 is 9.47 Å².